The molecule has 2 unspecified atom stereocenters. The van der Waals surface area contributed by atoms with E-state index < -0.39 is 6.04 Å². The van der Waals surface area contributed by atoms with Gasteiger partial charge in [-0.25, -0.2) is 0 Å². The second-order valence-corrected chi connectivity index (χ2v) is 7.39. The molecule has 2 aromatic rings. The molecular formula is C23H28N2O2. The third kappa shape index (κ3) is 4.97. The largest absolute Gasteiger partial charge is 0.340 e. The molecule has 1 fully saturated rings. The summed E-state index contributed by atoms with van der Waals surface area (Å²) in [5.41, 5.74) is 1.70. The Morgan fingerprint density at radius 2 is 1.63 bits per heavy atom. The van der Waals surface area contributed by atoms with E-state index in [1.54, 1.807) is 12.1 Å². The lowest BCUT2D eigenvalue weighted by molar-refractivity contribution is -0.135. The van der Waals surface area contributed by atoms with Gasteiger partial charge in [0.2, 0.25) is 5.91 Å². The van der Waals surface area contributed by atoms with E-state index >= 15 is 0 Å². The monoisotopic (exact) mass is 364 g/mol. The second-order valence-electron chi connectivity index (χ2n) is 7.39. The van der Waals surface area contributed by atoms with Crippen molar-refractivity contribution in [1.82, 2.24) is 10.2 Å². The Labute approximate surface area is 161 Å². The fraction of sp³-hybridized carbons (Fsp3) is 0.391. The number of hydrogen-bond donors (Lipinski definition) is 1. The third-order valence-corrected chi connectivity index (χ3v) is 5.27. The molecule has 0 radical (unpaired) electrons. The van der Waals surface area contributed by atoms with Crippen LogP contribution in [0, 0.1) is 5.92 Å². The van der Waals surface area contributed by atoms with E-state index in [-0.39, 0.29) is 23.8 Å². The molecule has 142 valence electrons. The highest BCUT2D eigenvalue weighted by atomic mass is 16.2. The molecule has 1 aliphatic carbocycles. The summed E-state index contributed by atoms with van der Waals surface area (Å²) in [6.45, 7) is 4.68. The number of carbonyl (C=O) groups excluding carboxylic acids is 2. The Balaban J connectivity index is 1.78. The van der Waals surface area contributed by atoms with E-state index in [2.05, 4.69) is 12.2 Å². The normalized spacial score (nSPS) is 15.6. The van der Waals surface area contributed by atoms with Crippen LogP contribution in [0.1, 0.15) is 49.0 Å². The molecule has 1 aliphatic rings. The van der Waals surface area contributed by atoms with Crippen LogP contribution in [0.4, 0.5) is 0 Å². The topological polar surface area (TPSA) is 49.4 Å². The molecule has 0 aromatic heterocycles. The average molecular weight is 364 g/mol. The van der Waals surface area contributed by atoms with Crippen LogP contribution in [0.2, 0.25) is 0 Å². The molecule has 0 aliphatic heterocycles. The number of nitrogens with one attached hydrogen (secondary N) is 1. The van der Waals surface area contributed by atoms with Crippen molar-refractivity contribution in [2.24, 2.45) is 5.92 Å². The van der Waals surface area contributed by atoms with Gasteiger partial charge in [0, 0.05) is 18.2 Å². The highest BCUT2D eigenvalue weighted by molar-refractivity contribution is 5.97. The van der Waals surface area contributed by atoms with Crippen LogP contribution in [0.5, 0.6) is 0 Å². The summed E-state index contributed by atoms with van der Waals surface area (Å²) < 4.78 is 0. The summed E-state index contributed by atoms with van der Waals surface area (Å²) in [6.07, 6.45) is 2.91. The van der Waals surface area contributed by atoms with Crippen LogP contribution in [-0.2, 0) is 11.3 Å². The zero-order valence-corrected chi connectivity index (χ0v) is 16.1. The van der Waals surface area contributed by atoms with Gasteiger partial charge >= 0.3 is 0 Å². The second kappa shape index (κ2) is 8.85. The lowest BCUT2D eigenvalue weighted by Crippen LogP contribution is -2.52. The van der Waals surface area contributed by atoms with Gasteiger partial charge in [0.15, 0.2) is 0 Å². The van der Waals surface area contributed by atoms with Gasteiger partial charge in [-0.05, 0) is 36.5 Å². The summed E-state index contributed by atoms with van der Waals surface area (Å²) >= 11 is 0. The van der Waals surface area contributed by atoms with Crippen LogP contribution in [0.25, 0.3) is 0 Å². The van der Waals surface area contributed by atoms with E-state index in [4.69, 9.17) is 0 Å². The lowest BCUT2D eigenvalue weighted by Gasteiger charge is -2.31. The maximum atomic E-state index is 13.4. The van der Waals surface area contributed by atoms with Crippen molar-refractivity contribution in [3.05, 3.63) is 71.8 Å². The van der Waals surface area contributed by atoms with Crippen LogP contribution >= 0.6 is 0 Å². The molecule has 1 saturated carbocycles. The molecule has 0 spiro atoms. The van der Waals surface area contributed by atoms with Gasteiger partial charge < -0.3 is 10.2 Å². The van der Waals surface area contributed by atoms with Crippen LogP contribution in [0.15, 0.2) is 60.7 Å². The number of benzene rings is 2. The minimum atomic E-state index is -0.507. The molecular weight excluding hydrogens is 336 g/mol. The Bertz CT molecular complexity index is 756. The highest BCUT2D eigenvalue weighted by Crippen LogP contribution is 2.30. The van der Waals surface area contributed by atoms with Crippen molar-refractivity contribution in [3.8, 4) is 0 Å². The third-order valence-electron chi connectivity index (χ3n) is 5.27. The van der Waals surface area contributed by atoms with Crippen LogP contribution in [0.3, 0.4) is 0 Å². The SMILES string of the molecule is CCC(C)C(NC(=O)c1ccccc1)C(=O)N(Cc1ccccc1)C1CC1. The van der Waals surface area contributed by atoms with E-state index in [0.717, 1.165) is 24.8 Å². The Kier molecular flexibility index (Phi) is 6.28. The minimum absolute atomic E-state index is 0.0278. The number of hydrogen-bond acceptors (Lipinski definition) is 2. The molecule has 4 heteroatoms. The van der Waals surface area contributed by atoms with Crippen LogP contribution < -0.4 is 5.32 Å². The van der Waals surface area contributed by atoms with E-state index in [0.29, 0.717) is 12.1 Å². The van der Waals surface area contributed by atoms with Crippen molar-refractivity contribution >= 4 is 11.8 Å². The van der Waals surface area contributed by atoms with Crippen molar-refractivity contribution in [1.29, 1.82) is 0 Å². The van der Waals surface area contributed by atoms with Gasteiger partial charge in [-0.3, -0.25) is 9.59 Å². The molecule has 0 bridgehead atoms. The maximum absolute atomic E-state index is 13.4. The predicted octanol–water partition coefficient (Wildman–Crippen LogP) is 4.02. The fourth-order valence-corrected chi connectivity index (χ4v) is 3.23. The standard InChI is InChI=1S/C23H28N2O2/c1-3-17(2)21(24-22(26)19-12-8-5-9-13-19)23(27)25(20-14-15-20)16-18-10-6-4-7-11-18/h4-13,17,20-21H,3,14-16H2,1-2H3,(H,24,26). The van der Waals surface area contributed by atoms with Gasteiger partial charge in [-0.15, -0.1) is 0 Å². The van der Waals surface area contributed by atoms with Crippen LogP contribution in [-0.4, -0.2) is 28.8 Å². The average Bonchev–Trinajstić information content (AvgIpc) is 3.55. The van der Waals surface area contributed by atoms with Crippen molar-refractivity contribution in [2.45, 2.75) is 51.7 Å². The van der Waals surface area contributed by atoms with E-state index in [1.165, 1.54) is 0 Å². The molecule has 3 rings (SSSR count). The maximum Gasteiger partial charge on any atom is 0.251 e. The summed E-state index contributed by atoms with van der Waals surface area (Å²) in [4.78, 5) is 28.0. The summed E-state index contributed by atoms with van der Waals surface area (Å²) in [7, 11) is 0. The van der Waals surface area contributed by atoms with Gasteiger partial charge in [0.25, 0.3) is 5.91 Å². The van der Waals surface area contributed by atoms with Crippen molar-refractivity contribution in [2.75, 3.05) is 0 Å². The molecule has 2 atom stereocenters. The van der Waals surface area contributed by atoms with Gasteiger partial charge in [-0.2, -0.15) is 0 Å². The van der Waals surface area contributed by atoms with E-state index in [1.807, 2.05) is 60.4 Å². The first-order valence-electron chi connectivity index (χ1n) is 9.80. The number of nitrogens with zero attached hydrogens (tertiary/aromatic N) is 1. The molecule has 0 saturated heterocycles. The molecule has 27 heavy (non-hydrogen) atoms. The zero-order chi connectivity index (χ0) is 19.2. The van der Waals surface area contributed by atoms with Crippen molar-refractivity contribution in [3.63, 3.8) is 0 Å². The smallest absolute Gasteiger partial charge is 0.251 e. The van der Waals surface area contributed by atoms with Gasteiger partial charge in [0.1, 0.15) is 6.04 Å². The van der Waals surface area contributed by atoms with Gasteiger partial charge in [0.05, 0.1) is 0 Å². The van der Waals surface area contributed by atoms with Gasteiger partial charge in [-0.1, -0.05) is 68.8 Å². The summed E-state index contributed by atoms with van der Waals surface area (Å²) in [5, 5.41) is 3.00. The minimum Gasteiger partial charge on any atom is -0.340 e. The number of carbonyl (C=O) groups is 2. The first-order chi connectivity index (χ1) is 13.1. The first kappa shape index (κ1) is 19.2. The summed E-state index contributed by atoms with van der Waals surface area (Å²) in [5.74, 6) is -0.0909. The Morgan fingerprint density at radius 1 is 1.04 bits per heavy atom. The molecule has 4 nitrogen and oxygen atoms in total. The highest BCUT2D eigenvalue weighted by Gasteiger charge is 2.38. The number of amides is 2. The Morgan fingerprint density at radius 3 is 2.19 bits per heavy atom. The molecule has 0 heterocycles. The predicted molar refractivity (Wildman–Crippen MR) is 107 cm³/mol. The lowest BCUT2D eigenvalue weighted by atomic mass is 9.97. The molecule has 1 N–H and O–H groups in total. The van der Waals surface area contributed by atoms with Crippen molar-refractivity contribution < 1.29 is 9.59 Å². The summed E-state index contributed by atoms with van der Waals surface area (Å²) in [6, 6.07) is 18.9. The first-order valence-corrected chi connectivity index (χ1v) is 9.80. The quantitative estimate of drug-likeness (QED) is 0.769. The van der Waals surface area contributed by atoms with E-state index in [9.17, 15) is 9.59 Å². The zero-order valence-electron chi connectivity index (χ0n) is 16.1. The Hall–Kier alpha value is -2.62. The fourth-order valence-electron chi connectivity index (χ4n) is 3.23. The number of rotatable bonds is 8. The molecule has 2 amide bonds. The molecule has 2 aromatic carbocycles.